The van der Waals surface area contributed by atoms with Crippen molar-refractivity contribution in [1.29, 1.82) is 0 Å². The van der Waals surface area contributed by atoms with Crippen LogP contribution in [0.3, 0.4) is 0 Å². The van der Waals surface area contributed by atoms with Crippen molar-refractivity contribution in [2.45, 2.75) is 0 Å². The van der Waals surface area contributed by atoms with Gasteiger partial charge < -0.3 is 20.4 Å². The first-order valence-corrected chi connectivity index (χ1v) is 8.16. The third kappa shape index (κ3) is 2.42. The molecule has 0 aliphatic heterocycles. The number of nitrogen functional groups attached to an aromatic ring is 1. The monoisotopic (exact) mass is 341 g/mol. The summed E-state index contributed by atoms with van der Waals surface area (Å²) in [6.45, 7) is 0. The molecule has 0 amide bonds. The first-order valence-electron chi connectivity index (χ1n) is 8.16. The van der Waals surface area contributed by atoms with Gasteiger partial charge in [-0.15, -0.1) is 0 Å². The highest BCUT2D eigenvalue weighted by Gasteiger charge is 2.10. The fraction of sp³-hybridized carbons (Fsp3) is 0. The van der Waals surface area contributed by atoms with E-state index in [1.807, 2.05) is 59.3 Å². The molecule has 5 aromatic rings. The van der Waals surface area contributed by atoms with E-state index in [1.165, 1.54) is 0 Å². The van der Waals surface area contributed by atoms with Crippen LogP contribution in [0, 0.1) is 0 Å². The summed E-state index contributed by atoms with van der Waals surface area (Å²) in [4.78, 5) is 16.5. The van der Waals surface area contributed by atoms with E-state index in [4.69, 9.17) is 10.7 Å². The van der Waals surface area contributed by atoms with Gasteiger partial charge in [0.25, 0.3) is 0 Å². The lowest BCUT2D eigenvalue weighted by molar-refractivity contribution is 1.13. The van der Waals surface area contributed by atoms with Crippen molar-refractivity contribution in [3.05, 3.63) is 67.4 Å². The Bertz CT molecular complexity index is 1240. The second kappa shape index (κ2) is 5.59. The average Bonchev–Trinajstić information content (AvgIpc) is 3.30. The van der Waals surface area contributed by atoms with E-state index < -0.39 is 0 Å². The van der Waals surface area contributed by atoms with Gasteiger partial charge in [-0.2, -0.15) is 0 Å². The Kier molecular flexibility index (Phi) is 3.11. The van der Waals surface area contributed by atoms with Crippen molar-refractivity contribution in [2.75, 3.05) is 11.1 Å². The van der Waals surface area contributed by atoms with Crippen LogP contribution >= 0.6 is 0 Å². The molecule has 7 nitrogen and oxygen atoms in total. The molecule has 26 heavy (non-hydrogen) atoms. The van der Waals surface area contributed by atoms with Crippen molar-refractivity contribution in [3.63, 3.8) is 0 Å². The number of aromatic amines is 1. The standard InChI is InChI=1S/C19H15N7/c20-13-3-1-2-12(8-13)17-10-26-7-6-21-19(26)18(25-17)24-14-4-5-15-16(9-14)23-11-22-15/h1-11H,20H2,(H,22,23)(H,24,25). The summed E-state index contributed by atoms with van der Waals surface area (Å²) in [5.41, 5.74) is 11.9. The zero-order chi connectivity index (χ0) is 17.5. The molecule has 4 N–H and O–H groups in total. The smallest absolute Gasteiger partial charge is 0.180 e. The van der Waals surface area contributed by atoms with E-state index in [0.717, 1.165) is 33.6 Å². The Labute approximate surface area is 148 Å². The van der Waals surface area contributed by atoms with Crippen LogP contribution in [0.2, 0.25) is 0 Å². The lowest BCUT2D eigenvalue weighted by Gasteiger charge is -2.10. The van der Waals surface area contributed by atoms with Gasteiger partial charge in [-0.05, 0) is 30.3 Å². The van der Waals surface area contributed by atoms with Gasteiger partial charge in [0.15, 0.2) is 11.5 Å². The summed E-state index contributed by atoms with van der Waals surface area (Å²) in [6, 6.07) is 13.6. The quantitative estimate of drug-likeness (QED) is 0.436. The Hall–Kier alpha value is -3.87. The molecule has 7 heteroatoms. The number of hydrogen-bond acceptors (Lipinski definition) is 5. The molecule has 0 aliphatic carbocycles. The van der Waals surface area contributed by atoms with Crippen LogP contribution in [0.5, 0.6) is 0 Å². The molecule has 5 rings (SSSR count). The van der Waals surface area contributed by atoms with Gasteiger partial charge >= 0.3 is 0 Å². The minimum absolute atomic E-state index is 0.675. The van der Waals surface area contributed by atoms with Crippen LogP contribution in [0.1, 0.15) is 0 Å². The third-order valence-electron chi connectivity index (χ3n) is 4.24. The topological polar surface area (TPSA) is 96.9 Å². The van der Waals surface area contributed by atoms with Crippen molar-refractivity contribution >= 4 is 33.9 Å². The van der Waals surface area contributed by atoms with E-state index in [0.29, 0.717) is 11.5 Å². The molecular weight excluding hydrogens is 326 g/mol. The highest BCUT2D eigenvalue weighted by atomic mass is 15.1. The van der Waals surface area contributed by atoms with Gasteiger partial charge in [-0.1, -0.05) is 12.1 Å². The van der Waals surface area contributed by atoms with E-state index >= 15 is 0 Å². The molecule has 0 saturated heterocycles. The number of nitrogens with zero attached hydrogens (tertiary/aromatic N) is 4. The van der Waals surface area contributed by atoms with Crippen molar-refractivity contribution in [2.24, 2.45) is 0 Å². The van der Waals surface area contributed by atoms with Gasteiger partial charge in [0, 0.05) is 35.5 Å². The number of nitrogens with two attached hydrogens (primary N) is 1. The van der Waals surface area contributed by atoms with E-state index in [2.05, 4.69) is 20.3 Å². The number of nitrogens with one attached hydrogen (secondary N) is 2. The second-order valence-electron chi connectivity index (χ2n) is 6.02. The average molecular weight is 341 g/mol. The normalized spacial score (nSPS) is 11.2. The van der Waals surface area contributed by atoms with Crippen molar-refractivity contribution in [3.8, 4) is 11.3 Å². The second-order valence-corrected chi connectivity index (χ2v) is 6.02. The van der Waals surface area contributed by atoms with Gasteiger partial charge in [-0.25, -0.2) is 15.0 Å². The van der Waals surface area contributed by atoms with E-state index in [9.17, 15) is 0 Å². The predicted molar refractivity (Wildman–Crippen MR) is 102 cm³/mol. The predicted octanol–water partition coefficient (Wildman–Crippen LogP) is 3.60. The van der Waals surface area contributed by atoms with Crippen LogP contribution < -0.4 is 11.1 Å². The van der Waals surface area contributed by atoms with Crippen LogP contribution in [-0.2, 0) is 0 Å². The summed E-state index contributed by atoms with van der Waals surface area (Å²) >= 11 is 0. The van der Waals surface area contributed by atoms with Crippen LogP contribution in [-0.4, -0.2) is 24.3 Å². The summed E-state index contributed by atoms with van der Waals surface area (Å²) in [5, 5.41) is 3.37. The number of hydrogen-bond donors (Lipinski definition) is 3. The molecule has 2 aromatic carbocycles. The third-order valence-corrected chi connectivity index (χ3v) is 4.24. The Morgan fingerprint density at radius 3 is 2.96 bits per heavy atom. The molecule has 0 unspecified atom stereocenters. The van der Waals surface area contributed by atoms with Crippen molar-refractivity contribution in [1.82, 2.24) is 24.3 Å². The number of H-pyrrole nitrogens is 1. The Morgan fingerprint density at radius 1 is 1.08 bits per heavy atom. The molecule has 0 radical (unpaired) electrons. The zero-order valence-electron chi connectivity index (χ0n) is 13.7. The van der Waals surface area contributed by atoms with Crippen LogP contribution in [0.15, 0.2) is 67.4 Å². The first kappa shape index (κ1) is 14.5. The molecule has 0 saturated carbocycles. The summed E-state index contributed by atoms with van der Waals surface area (Å²) in [6.07, 6.45) is 7.28. The van der Waals surface area contributed by atoms with Gasteiger partial charge in [-0.3, -0.25) is 0 Å². The highest BCUT2D eigenvalue weighted by molar-refractivity contribution is 5.82. The van der Waals surface area contributed by atoms with Crippen LogP contribution in [0.25, 0.3) is 27.9 Å². The maximum atomic E-state index is 5.92. The fourth-order valence-electron chi connectivity index (χ4n) is 3.00. The highest BCUT2D eigenvalue weighted by Crippen LogP contribution is 2.26. The molecule has 3 aromatic heterocycles. The summed E-state index contributed by atoms with van der Waals surface area (Å²) < 4.78 is 1.95. The largest absolute Gasteiger partial charge is 0.399 e. The molecule has 3 heterocycles. The van der Waals surface area contributed by atoms with E-state index in [-0.39, 0.29) is 0 Å². The maximum absolute atomic E-state index is 5.92. The number of fused-ring (bicyclic) bond motifs is 2. The van der Waals surface area contributed by atoms with Crippen molar-refractivity contribution < 1.29 is 0 Å². The zero-order valence-corrected chi connectivity index (χ0v) is 13.7. The summed E-state index contributed by atoms with van der Waals surface area (Å²) in [7, 11) is 0. The van der Waals surface area contributed by atoms with Crippen LogP contribution in [0.4, 0.5) is 17.2 Å². The molecule has 126 valence electrons. The molecule has 0 atom stereocenters. The molecule has 0 fully saturated rings. The number of imidazole rings is 2. The minimum Gasteiger partial charge on any atom is -0.399 e. The molecular formula is C19H15N7. The number of aromatic nitrogens is 5. The van der Waals surface area contributed by atoms with Gasteiger partial charge in [0.2, 0.25) is 0 Å². The fourth-order valence-corrected chi connectivity index (χ4v) is 3.00. The lowest BCUT2D eigenvalue weighted by Crippen LogP contribution is -2.00. The maximum Gasteiger partial charge on any atom is 0.180 e. The van der Waals surface area contributed by atoms with E-state index in [1.54, 1.807) is 12.5 Å². The minimum atomic E-state index is 0.675. The Balaban J connectivity index is 1.62. The lowest BCUT2D eigenvalue weighted by atomic mass is 10.1. The van der Waals surface area contributed by atoms with Gasteiger partial charge in [0.1, 0.15) is 0 Å². The Morgan fingerprint density at radius 2 is 2.04 bits per heavy atom. The first-order chi connectivity index (χ1) is 12.8. The number of anilines is 3. The number of benzene rings is 2. The molecule has 0 aliphatic rings. The molecule has 0 bridgehead atoms. The summed E-state index contributed by atoms with van der Waals surface area (Å²) in [5.74, 6) is 0.675. The number of rotatable bonds is 3. The van der Waals surface area contributed by atoms with Gasteiger partial charge in [0.05, 0.1) is 23.1 Å². The SMILES string of the molecule is Nc1cccc(-c2cn3ccnc3c(Nc3ccc4nc[nH]c4c3)n2)c1. The molecule has 0 spiro atoms.